The molecule has 0 bridgehead atoms. The van der Waals surface area contributed by atoms with E-state index in [4.69, 9.17) is 4.74 Å². The number of para-hydroxylation sites is 1. The highest BCUT2D eigenvalue weighted by Gasteiger charge is 2.08. The van der Waals surface area contributed by atoms with E-state index in [-0.39, 0.29) is 30.6 Å². The molecule has 6 heteroatoms. The maximum atomic E-state index is 12.8. The van der Waals surface area contributed by atoms with Crippen LogP contribution in [0.15, 0.2) is 48.5 Å². The molecule has 0 heterocycles. The molecule has 2 aromatic carbocycles. The van der Waals surface area contributed by atoms with Gasteiger partial charge in [0.25, 0.3) is 0 Å². The lowest BCUT2D eigenvalue weighted by atomic mass is 10.1. The van der Waals surface area contributed by atoms with Crippen molar-refractivity contribution in [2.75, 3.05) is 13.7 Å². The van der Waals surface area contributed by atoms with E-state index in [9.17, 15) is 14.0 Å². The SMILES string of the molecule is COc1ccccc1CNC(=O)CNC(=O)Cc1ccc(F)cc1. The predicted molar refractivity (Wildman–Crippen MR) is 88.0 cm³/mol. The second-order valence-corrected chi connectivity index (χ2v) is 5.17. The lowest BCUT2D eigenvalue weighted by molar-refractivity contribution is -0.125. The number of amides is 2. The Morgan fingerprint density at radius 1 is 1.00 bits per heavy atom. The second kappa shape index (κ2) is 8.67. The molecule has 2 rings (SSSR count). The zero-order chi connectivity index (χ0) is 17.4. The largest absolute Gasteiger partial charge is 0.496 e. The van der Waals surface area contributed by atoms with Gasteiger partial charge in [-0.15, -0.1) is 0 Å². The first kappa shape index (κ1) is 17.5. The summed E-state index contributed by atoms with van der Waals surface area (Å²) >= 11 is 0. The first-order chi connectivity index (χ1) is 11.6. The maximum absolute atomic E-state index is 12.8. The molecule has 0 aliphatic rings. The van der Waals surface area contributed by atoms with Crippen molar-refractivity contribution < 1.29 is 18.7 Å². The Hall–Kier alpha value is -2.89. The molecule has 0 radical (unpaired) electrons. The van der Waals surface area contributed by atoms with Gasteiger partial charge in [0.2, 0.25) is 11.8 Å². The van der Waals surface area contributed by atoms with Crippen molar-refractivity contribution >= 4 is 11.8 Å². The Labute approximate surface area is 139 Å². The smallest absolute Gasteiger partial charge is 0.239 e. The van der Waals surface area contributed by atoms with Crippen LogP contribution in [0.4, 0.5) is 4.39 Å². The van der Waals surface area contributed by atoms with Gasteiger partial charge < -0.3 is 15.4 Å². The first-order valence-electron chi connectivity index (χ1n) is 7.48. The van der Waals surface area contributed by atoms with Gasteiger partial charge in [0.15, 0.2) is 0 Å². The van der Waals surface area contributed by atoms with Crippen molar-refractivity contribution in [3.05, 3.63) is 65.5 Å². The fraction of sp³-hybridized carbons (Fsp3) is 0.222. The third-order valence-electron chi connectivity index (χ3n) is 3.39. The average molecular weight is 330 g/mol. The quantitative estimate of drug-likeness (QED) is 0.814. The van der Waals surface area contributed by atoms with Gasteiger partial charge in [0, 0.05) is 12.1 Å². The molecule has 0 saturated heterocycles. The third-order valence-corrected chi connectivity index (χ3v) is 3.39. The van der Waals surface area contributed by atoms with Crippen molar-refractivity contribution in [3.8, 4) is 5.75 Å². The number of rotatable bonds is 7. The van der Waals surface area contributed by atoms with Crippen LogP contribution in [0.3, 0.4) is 0 Å². The molecule has 0 atom stereocenters. The Morgan fingerprint density at radius 3 is 2.42 bits per heavy atom. The molecule has 0 unspecified atom stereocenters. The Kier molecular flexibility index (Phi) is 6.31. The maximum Gasteiger partial charge on any atom is 0.239 e. The standard InChI is InChI=1S/C18H19FN2O3/c1-24-16-5-3-2-4-14(16)11-20-18(23)12-21-17(22)10-13-6-8-15(19)9-7-13/h2-9H,10-12H2,1H3,(H,20,23)(H,21,22). The zero-order valence-corrected chi connectivity index (χ0v) is 13.3. The van der Waals surface area contributed by atoms with E-state index in [1.54, 1.807) is 7.11 Å². The fourth-order valence-electron chi connectivity index (χ4n) is 2.13. The molecule has 5 nitrogen and oxygen atoms in total. The normalized spacial score (nSPS) is 10.1. The van der Waals surface area contributed by atoms with Crippen LogP contribution in [0.2, 0.25) is 0 Å². The van der Waals surface area contributed by atoms with Crippen LogP contribution in [0.5, 0.6) is 5.75 Å². The van der Waals surface area contributed by atoms with Crippen molar-refractivity contribution in [2.45, 2.75) is 13.0 Å². The topological polar surface area (TPSA) is 67.4 Å². The predicted octanol–water partition coefficient (Wildman–Crippen LogP) is 1.81. The summed E-state index contributed by atoms with van der Waals surface area (Å²) in [4.78, 5) is 23.6. The van der Waals surface area contributed by atoms with Crippen LogP contribution < -0.4 is 15.4 Å². The summed E-state index contributed by atoms with van der Waals surface area (Å²) in [5.41, 5.74) is 1.54. The van der Waals surface area contributed by atoms with E-state index in [1.165, 1.54) is 24.3 Å². The van der Waals surface area contributed by atoms with E-state index in [0.717, 1.165) is 5.56 Å². The van der Waals surface area contributed by atoms with Gasteiger partial charge >= 0.3 is 0 Å². The highest BCUT2D eigenvalue weighted by molar-refractivity contribution is 5.85. The number of methoxy groups -OCH3 is 1. The fourth-order valence-corrected chi connectivity index (χ4v) is 2.13. The van der Waals surface area contributed by atoms with Crippen LogP contribution in [-0.2, 0) is 22.6 Å². The van der Waals surface area contributed by atoms with Gasteiger partial charge in [-0.25, -0.2) is 4.39 Å². The van der Waals surface area contributed by atoms with Gasteiger partial charge in [-0.3, -0.25) is 9.59 Å². The molecule has 126 valence electrons. The summed E-state index contributed by atoms with van der Waals surface area (Å²) < 4.78 is 18.0. The van der Waals surface area contributed by atoms with Gasteiger partial charge in [-0.05, 0) is 23.8 Å². The lowest BCUT2D eigenvalue weighted by Crippen LogP contribution is -2.37. The summed E-state index contributed by atoms with van der Waals surface area (Å²) in [6.07, 6.45) is 0.0973. The van der Waals surface area contributed by atoms with E-state index in [0.29, 0.717) is 17.9 Å². The van der Waals surface area contributed by atoms with Crippen LogP contribution in [-0.4, -0.2) is 25.5 Å². The summed E-state index contributed by atoms with van der Waals surface area (Å²) in [7, 11) is 1.57. The summed E-state index contributed by atoms with van der Waals surface area (Å²) in [6, 6.07) is 13.0. The van der Waals surface area contributed by atoms with Crippen LogP contribution in [0.1, 0.15) is 11.1 Å². The molecular formula is C18H19FN2O3. The zero-order valence-electron chi connectivity index (χ0n) is 13.3. The average Bonchev–Trinajstić information content (AvgIpc) is 2.60. The number of hydrogen-bond acceptors (Lipinski definition) is 3. The molecule has 2 aromatic rings. The molecule has 2 N–H and O–H groups in total. The van der Waals surface area contributed by atoms with Gasteiger partial charge in [-0.2, -0.15) is 0 Å². The van der Waals surface area contributed by atoms with Crippen molar-refractivity contribution in [1.82, 2.24) is 10.6 Å². The summed E-state index contributed by atoms with van der Waals surface area (Å²) in [5.74, 6) is -0.254. The van der Waals surface area contributed by atoms with E-state index >= 15 is 0 Å². The monoisotopic (exact) mass is 330 g/mol. The molecule has 0 aromatic heterocycles. The van der Waals surface area contributed by atoms with Crippen LogP contribution >= 0.6 is 0 Å². The van der Waals surface area contributed by atoms with Gasteiger partial charge in [0.05, 0.1) is 20.1 Å². The Bertz CT molecular complexity index is 702. The van der Waals surface area contributed by atoms with Crippen molar-refractivity contribution in [2.24, 2.45) is 0 Å². The molecule has 0 spiro atoms. The highest BCUT2D eigenvalue weighted by Crippen LogP contribution is 2.16. The van der Waals surface area contributed by atoms with Crippen molar-refractivity contribution in [3.63, 3.8) is 0 Å². The number of hydrogen-bond donors (Lipinski definition) is 2. The number of halogens is 1. The first-order valence-corrected chi connectivity index (χ1v) is 7.48. The van der Waals surface area contributed by atoms with E-state index < -0.39 is 0 Å². The summed E-state index contributed by atoms with van der Waals surface area (Å²) in [6.45, 7) is 0.200. The van der Waals surface area contributed by atoms with Gasteiger partial charge in [0.1, 0.15) is 11.6 Å². The molecule has 0 fully saturated rings. The molecule has 2 amide bonds. The minimum absolute atomic E-state index is 0.0973. The number of nitrogens with one attached hydrogen (secondary N) is 2. The molecular weight excluding hydrogens is 311 g/mol. The molecule has 0 aliphatic heterocycles. The number of carbonyl (C=O) groups excluding carboxylic acids is 2. The third kappa shape index (κ3) is 5.39. The molecule has 0 aliphatic carbocycles. The number of ether oxygens (including phenoxy) is 1. The van der Waals surface area contributed by atoms with E-state index in [2.05, 4.69) is 10.6 Å². The van der Waals surface area contributed by atoms with Crippen LogP contribution in [0, 0.1) is 5.82 Å². The number of carbonyl (C=O) groups is 2. The minimum atomic E-state index is -0.352. The molecule has 24 heavy (non-hydrogen) atoms. The Balaban J connectivity index is 1.74. The van der Waals surface area contributed by atoms with Crippen molar-refractivity contribution in [1.29, 1.82) is 0 Å². The summed E-state index contributed by atoms with van der Waals surface area (Å²) in [5, 5.41) is 5.25. The van der Waals surface area contributed by atoms with Gasteiger partial charge in [-0.1, -0.05) is 30.3 Å². The number of benzene rings is 2. The second-order valence-electron chi connectivity index (χ2n) is 5.17. The lowest BCUT2D eigenvalue weighted by Gasteiger charge is -2.10. The highest BCUT2D eigenvalue weighted by atomic mass is 19.1. The molecule has 0 saturated carbocycles. The van der Waals surface area contributed by atoms with E-state index in [1.807, 2.05) is 24.3 Å². The Morgan fingerprint density at radius 2 is 1.71 bits per heavy atom. The minimum Gasteiger partial charge on any atom is -0.496 e. The van der Waals surface area contributed by atoms with Crippen LogP contribution in [0.25, 0.3) is 0 Å².